The zero-order valence-electron chi connectivity index (χ0n) is 14.6. The van der Waals surface area contributed by atoms with E-state index in [1.807, 2.05) is 56.3 Å². The van der Waals surface area contributed by atoms with E-state index in [0.717, 1.165) is 22.2 Å². The second kappa shape index (κ2) is 7.26. The molecule has 128 valence electrons. The first-order valence-corrected chi connectivity index (χ1v) is 8.24. The summed E-state index contributed by atoms with van der Waals surface area (Å²) in [4.78, 5) is 15.9. The van der Waals surface area contributed by atoms with Gasteiger partial charge in [-0.15, -0.1) is 0 Å². The Hall–Kier alpha value is -3.01. The summed E-state index contributed by atoms with van der Waals surface area (Å²) in [6.07, 6.45) is 3.39. The van der Waals surface area contributed by atoms with Crippen molar-refractivity contribution < 1.29 is 14.3 Å². The Morgan fingerprint density at radius 2 is 1.96 bits per heavy atom. The number of fused-ring (bicyclic) bond motifs is 1. The highest BCUT2D eigenvalue weighted by Gasteiger charge is 2.13. The Labute approximate surface area is 147 Å². The quantitative estimate of drug-likeness (QED) is 0.521. The largest absolute Gasteiger partial charge is 0.493 e. The number of methoxy groups -OCH3 is 1. The normalized spacial score (nSPS) is 11.2. The number of rotatable bonds is 6. The zero-order chi connectivity index (χ0) is 17.8. The third kappa shape index (κ3) is 3.43. The minimum atomic E-state index is -0.0252. The first-order valence-electron chi connectivity index (χ1n) is 8.24. The Balaban J connectivity index is 1.88. The van der Waals surface area contributed by atoms with Crippen LogP contribution in [0.3, 0.4) is 0 Å². The van der Waals surface area contributed by atoms with Crippen LogP contribution in [-0.2, 0) is 0 Å². The van der Waals surface area contributed by atoms with Gasteiger partial charge >= 0.3 is 0 Å². The monoisotopic (exact) mass is 335 g/mol. The van der Waals surface area contributed by atoms with E-state index in [9.17, 15) is 4.79 Å². The molecule has 1 heterocycles. The van der Waals surface area contributed by atoms with Crippen molar-refractivity contribution in [2.75, 3.05) is 13.7 Å². The van der Waals surface area contributed by atoms with E-state index in [2.05, 4.69) is 4.98 Å². The zero-order valence-corrected chi connectivity index (χ0v) is 14.6. The minimum Gasteiger partial charge on any atom is -0.493 e. The molecule has 0 radical (unpaired) electrons. The van der Waals surface area contributed by atoms with Crippen LogP contribution in [0.5, 0.6) is 11.5 Å². The van der Waals surface area contributed by atoms with E-state index in [1.54, 1.807) is 19.3 Å². The number of ether oxygens (including phenoxy) is 2. The third-order valence-electron chi connectivity index (χ3n) is 4.05. The fourth-order valence-corrected chi connectivity index (χ4v) is 2.91. The summed E-state index contributed by atoms with van der Waals surface area (Å²) in [5, 5.41) is 0.943. The predicted octanol–water partition coefficient (Wildman–Crippen LogP) is 4.78. The number of carbonyl (C=O) groups excluding carboxylic acids is 1. The molecular weight excluding hydrogens is 314 g/mol. The van der Waals surface area contributed by atoms with Gasteiger partial charge in [0.25, 0.3) is 0 Å². The highest BCUT2D eigenvalue weighted by Crippen LogP contribution is 2.29. The maximum atomic E-state index is 12.7. The van der Waals surface area contributed by atoms with Crippen LogP contribution in [-0.4, -0.2) is 24.5 Å². The highest BCUT2D eigenvalue weighted by atomic mass is 16.5. The van der Waals surface area contributed by atoms with Gasteiger partial charge in [0, 0.05) is 16.6 Å². The molecule has 0 fully saturated rings. The topological polar surface area (TPSA) is 51.3 Å². The predicted molar refractivity (Wildman–Crippen MR) is 101 cm³/mol. The second-order valence-corrected chi connectivity index (χ2v) is 5.71. The lowest BCUT2D eigenvalue weighted by Crippen LogP contribution is -1.96. The first kappa shape index (κ1) is 16.8. The minimum absolute atomic E-state index is 0.0252. The van der Waals surface area contributed by atoms with Gasteiger partial charge in [0.15, 0.2) is 17.3 Å². The van der Waals surface area contributed by atoms with Crippen LogP contribution < -0.4 is 9.47 Å². The lowest BCUT2D eigenvalue weighted by molar-refractivity contribution is 0.104. The number of aryl methyl sites for hydroxylation is 1. The molecule has 0 aliphatic rings. The summed E-state index contributed by atoms with van der Waals surface area (Å²) in [7, 11) is 1.60. The van der Waals surface area contributed by atoms with Crippen molar-refractivity contribution in [2.45, 2.75) is 13.8 Å². The maximum Gasteiger partial charge on any atom is 0.188 e. The first-order chi connectivity index (χ1) is 12.1. The summed E-state index contributed by atoms with van der Waals surface area (Å²) in [6.45, 7) is 4.42. The molecule has 4 nitrogen and oxygen atoms in total. The van der Waals surface area contributed by atoms with Crippen LogP contribution >= 0.6 is 0 Å². The van der Waals surface area contributed by atoms with Crippen molar-refractivity contribution in [2.24, 2.45) is 0 Å². The summed E-state index contributed by atoms with van der Waals surface area (Å²) < 4.78 is 10.9. The van der Waals surface area contributed by atoms with E-state index >= 15 is 0 Å². The smallest absolute Gasteiger partial charge is 0.188 e. The van der Waals surface area contributed by atoms with E-state index in [4.69, 9.17) is 9.47 Å². The number of hydrogen-bond donors (Lipinski definition) is 1. The standard InChI is InChI=1S/C21H21NO3/c1-4-25-19-12-10-15(13-20(19)24-3)9-11-18(23)21-14(2)22-17-8-6-5-7-16(17)21/h5-13,22H,4H2,1-3H3. The molecular formula is C21H21NO3. The molecule has 25 heavy (non-hydrogen) atoms. The molecule has 1 N–H and O–H groups in total. The Kier molecular flexibility index (Phi) is 4.89. The number of carbonyl (C=O) groups is 1. The molecule has 3 rings (SSSR count). The van der Waals surface area contributed by atoms with Crippen LogP contribution in [0.15, 0.2) is 48.5 Å². The van der Waals surface area contributed by atoms with Crippen LogP contribution in [0.2, 0.25) is 0 Å². The fraction of sp³-hybridized carbons (Fsp3) is 0.190. The van der Waals surface area contributed by atoms with Crippen molar-refractivity contribution in [1.82, 2.24) is 4.98 Å². The third-order valence-corrected chi connectivity index (χ3v) is 4.05. The Bertz CT molecular complexity index is 937. The van der Waals surface area contributed by atoms with Gasteiger partial charge in [-0.2, -0.15) is 0 Å². The van der Waals surface area contributed by atoms with Crippen LogP contribution in [0.25, 0.3) is 17.0 Å². The van der Waals surface area contributed by atoms with Crippen LogP contribution in [0.1, 0.15) is 28.5 Å². The van der Waals surface area contributed by atoms with E-state index < -0.39 is 0 Å². The van der Waals surface area contributed by atoms with Gasteiger partial charge in [0.2, 0.25) is 0 Å². The van der Waals surface area contributed by atoms with Crippen molar-refractivity contribution >= 4 is 22.8 Å². The lowest BCUT2D eigenvalue weighted by Gasteiger charge is -2.09. The fourth-order valence-electron chi connectivity index (χ4n) is 2.91. The number of benzene rings is 2. The average Bonchev–Trinajstić information content (AvgIpc) is 2.96. The second-order valence-electron chi connectivity index (χ2n) is 5.71. The molecule has 0 amide bonds. The van der Waals surface area contributed by atoms with Gasteiger partial charge in [-0.1, -0.05) is 30.3 Å². The van der Waals surface area contributed by atoms with Gasteiger partial charge in [-0.05, 0) is 43.7 Å². The number of H-pyrrole nitrogens is 1. The van der Waals surface area contributed by atoms with E-state index in [1.165, 1.54) is 0 Å². The van der Waals surface area contributed by atoms with Crippen LogP contribution in [0.4, 0.5) is 0 Å². The Morgan fingerprint density at radius 1 is 1.16 bits per heavy atom. The van der Waals surface area contributed by atoms with Gasteiger partial charge in [0.05, 0.1) is 19.3 Å². The number of para-hydroxylation sites is 1. The molecule has 0 unspecified atom stereocenters. The number of allylic oxidation sites excluding steroid dienone is 1. The molecule has 0 saturated carbocycles. The molecule has 1 aromatic heterocycles. The van der Waals surface area contributed by atoms with Gasteiger partial charge in [0.1, 0.15) is 0 Å². The molecule has 0 atom stereocenters. The van der Waals surface area contributed by atoms with Gasteiger partial charge in [-0.3, -0.25) is 4.79 Å². The highest BCUT2D eigenvalue weighted by molar-refractivity contribution is 6.15. The van der Waals surface area contributed by atoms with Crippen molar-refractivity contribution in [3.63, 3.8) is 0 Å². The number of hydrogen-bond acceptors (Lipinski definition) is 3. The summed E-state index contributed by atoms with van der Waals surface area (Å²) in [5.41, 5.74) is 3.44. The number of ketones is 1. The van der Waals surface area contributed by atoms with Crippen molar-refractivity contribution in [3.05, 3.63) is 65.4 Å². The van der Waals surface area contributed by atoms with E-state index in [-0.39, 0.29) is 5.78 Å². The lowest BCUT2D eigenvalue weighted by atomic mass is 10.1. The SMILES string of the molecule is CCOc1ccc(C=CC(=O)c2c(C)[nH]c3ccccc23)cc1OC. The van der Waals surface area contributed by atoms with Crippen molar-refractivity contribution in [3.8, 4) is 11.5 Å². The summed E-state index contributed by atoms with van der Waals surface area (Å²) in [6, 6.07) is 13.4. The molecule has 0 saturated heterocycles. The van der Waals surface area contributed by atoms with Crippen LogP contribution in [0, 0.1) is 6.92 Å². The van der Waals surface area contributed by atoms with Gasteiger partial charge in [-0.25, -0.2) is 0 Å². The molecule has 0 bridgehead atoms. The maximum absolute atomic E-state index is 12.7. The Morgan fingerprint density at radius 3 is 2.72 bits per heavy atom. The number of nitrogens with one attached hydrogen (secondary N) is 1. The molecule has 3 aromatic rings. The molecule has 4 heteroatoms. The molecule has 2 aromatic carbocycles. The molecule has 0 aliphatic heterocycles. The summed E-state index contributed by atoms with van der Waals surface area (Å²) in [5.74, 6) is 1.32. The number of aromatic amines is 1. The average molecular weight is 335 g/mol. The van der Waals surface area contributed by atoms with E-state index in [0.29, 0.717) is 23.7 Å². The van der Waals surface area contributed by atoms with Crippen molar-refractivity contribution in [1.29, 1.82) is 0 Å². The number of aromatic nitrogens is 1. The molecule has 0 spiro atoms. The summed E-state index contributed by atoms with van der Waals surface area (Å²) >= 11 is 0. The molecule has 0 aliphatic carbocycles. The van der Waals surface area contributed by atoms with Gasteiger partial charge < -0.3 is 14.5 Å².